The second-order valence-electron chi connectivity index (χ2n) is 17.7. The average molecular weight is 867 g/mol. The fraction of sp³-hybridized carbons (Fsp3) is 0.0339. The number of allylic oxidation sites excluding steroid dienone is 4. The summed E-state index contributed by atoms with van der Waals surface area (Å²) in [6, 6.07) is 57.4. The van der Waals surface area contributed by atoms with Crippen LogP contribution in [0, 0.1) is 0 Å². The molecular weight excluding hydrogens is 833 g/mol. The van der Waals surface area contributed by atoms with Crippen molar-refractivity contribution < 1.29 is 0 Å². The standard InChI is InChI=1S/C59H34B5N5/c60-50-49(51(61)53(63)54(64)52(50)62)36-27-30-48(44(32-36)33-15-3-1-4-16-33)68-46-25-13-11-23-40(46)42-28-29-43-41-24-12-14-26-47(41)69(56(43)55(42)68)59-66-57(34-17-5-2-6-18-34)65-58(67-59)45-31-35-19-7-8-20-37(35)38-21-9-10-22-39(38)45/h1,3-5,7-32H,2,6H2. The molecule has 1 aliphatic rings. The molecule has 3 heterocycles. The molecule has 310 valence electrons. The molecule has 0 fully saturated rings. The van der Waals surface area contributed by atoms with Crippen LogP contribution in [0.25, 0.3) is 116 Å². The SMILES string of the molecule is [B]c1c([B])c([B])c(-c2ccc(-n3c4ccccc4c4ccc5c6ccccc6n(-c6nc(C7=CCCC=C7)nc(-c7cc8ccccc8c8ccccc78)n6)c5c43)c(-c3ccccc3)c2)c([B])c1[B]. The summed E-state index contributed by atoms with van der Waals surface area (Å²) < 4.78 is 4.62. The third kappa shape index (κ3) is 6.35. The molecule has 10 radical (unpaired) electrons. The number of fused-ring (bicyclic) bond motifs is 10. The van der Waals surface area contributed by atoms with Crippen molar-refractivity contribution in [2.75, 3.05) is 0 Å². The van der Waals surface area contributed by atoms with Crippen LogP contribution in [0.15, 0.2) is 182 Å². The van der Waals surface area contributed by atoms with Gasteiger partial charge in [0, 0.05) is 38.2 Å². The topological polar surface area (TPSA) is 48.5 Å². The highest BCUT2D eigenvalue weighted by Gasteiger charge is 2.26. The Morgan fingerprint density at radius 3 is 1.68 bits per heavy atom. The van der Waals surface area contributed by atoms with E-state index in [1.807, 2.05) is 24.3 Å². The molecule has 0 unspecified atom stereocenters. The third-order valence-corrected chi connectivity index (χ3v) is 13.9. The fourth-order valence-electron chi connectivity index (χ4n) is 10.6. The van der Waals surface area contributed by atoms with Gasteiger partial charge in [-0.05, 0) is 81.4 Å². The summed E-state index contributed by atoms with van der Waals surface area (Å²) in [7, 11) is 32.6. The van der Waals surface area contributed by atoms with E-state index in [0.29, 0.717) is 23.2 Å². The minimum atomic E-state index is 0.174. The van der Waals surface area contributed by atoms with E-state index in [9.17, 15) is 0 Å². The number of aromatic nitrogens is 5. The molecule has 13 rings (SSSR count). The van der Waals surface area contributed by atoms with Crippen molar-refractivity contribution in [2.24, 2.45) is 0 Å². The van der Waals surface area contributed by atoms with Crippen molar-refractivity contribution in [3.63, 3.8) is 0 Å². The molecule has 0 N–H and O–H groups in total. The van der Waals surface area contributed by atoms with Crippen molar-refractivity contribution in [3.8, 4) is 45.3 Å². The van der Waals surface area contributed by atoms with Gasteiger partial charge in [-0.1, -0.05) is 163 Å². The van der Waals surface area contributed by atoms with Gasteiger partial charge < -0.3 is 4.57 Å². The van der Waals surface area contributed by atoms with Crippen LogP contribution < -0.4 is 27.3 Å². The second kappa shape index (κ2) is 16.0. The lowest BCUT2D eigenvalue weighted by atomic mass is 9.59. The van der Waals surface area contributed by atoms with E-state index < -0.39 is 0 Å². The molecule has 3 aromatic heterocycles. The van der Waals surface area contributed by atoms with E-state index in [1.54, 1.807) is 0 Å². The Bertz CT molecular complexity index is 4180. The molecule has 0 spiro atoms. The lowest BCUT2D eigenvalue weighted by molar-refractivity contribution is 0.928. The summed E-state index contributed by atoms with van der Waals surface area (Å²) in [5.41, 5.74) is 11.1. The van der Waals surface area contributed by atoms with Crippen LogP contribution in [0.4, 0.5) is 0 Å². The number of rotatable bonds is 6. The zero-order valence-electron chi connectivity index (χ0n) is 37.4. The number of hydrogen-bond donors (Lipinski definition) is 0. The molecule has 1 aliphatic carbocycles. The van der Waals surface area contributed by atoms with Crippen molar-refractivity contribution >= 4 is 137 Å². The van der Waals surface area contributed by atoms with E-state index in [-0.39, 0.29) is 27.3 Å². The maximum atomic E-state index is 6.71. The smallest absolute Gasteiger partial charge is 0.238 e. The van der Waals surface area contributed by atoms with E-state index in [1.165, 1.54) is 5.39 Å². The Balaban J connectivity index is 1.16. The average Bonchev–Trinajstić information content (AvgIpc) is 3.93. The molecule has 12 aromatic rings. The molecule has 0 aliphatic heterocycles. The van der Waals surface area contributed by atoms with Crippen LogP contribution in [0.3, 0.4) is 0 Å². The van der Waals surface area contributed by atoms with E-state index in [0.717, 1.165) is 106 Å². The highest BCUT2D eigenvalue weighted by molar-refractivity contribution is 6.68. The number of para-hydroxylation sites is 2. The minimum absolute atomic E-state index is 0.174. The predicted molar refractivity (Wildman–Crippen MR) is 293 cm³/mol. The lowest BCUT2D eigenvalue weighted by Crippen LogP contribution is -2.55. The number of benzene rings is 9. The highest BCUT2D eigenvalue weighted by atomic mass is 15.2. The van der Waals surface area contributed by atoms with Crippen LogP contribution in [-0.2, 0) is 0 Å². The molecule has 0 saturated heterocycles. The van der Waals surface area contributed by atoms with Gasteiger partial charge in [0.2, 0.25) is 5.95 Å². The van der Waals surface area contributed by atoms with Crippen molar-refractivity contribution in [1.29, 1.82) is 0 Å². The third-order valence-electron chi connectivity index (χ3n) is 13.9. The monoisotopic (exact) mass is 867 g/mol. The van der Waals surface area contributed by atoms with Gasteiger partial charge in [0.05, 0.1) is 27.8 Å². The number of nitrogens with zero attached hydrogens (tertiary/aromatic N) is 5. The molecule has 0 amide bonds. The fourth-order valence-corrected chi connectivity index (χ4v) is 10.6. The Labute approximate surface area is 405 Å². The maximum absolute atomic E-state index is 6.71. The van der Waals surface area contributed by atoms with E-state index in [2.05, 4.69) is 167 Å². The molecular formula is C59H34B5N5. The van der Waals surface area contributed by atoms with Gasteiger partial charge in [-0.25, -0.2) is 4.98 Å². The summed E-state index contributed by atoms with van der Waals surface area (Å²) in [4.78, 5) is 16.3. The van der Waals surface area contributed by atoms with Gasteiger partial charge in [0.15, 0.2) is 11.6 Å². The van der Waals surface area contributed by atoms with E-state index >= 15 is 0 Å². The van der Waals surface area contributed by atoms with Gasteiger partial charge in [-0.3, -0.25) is 4.57 Å². The first-order valence-electron chi connectivity index (χ1n) is 23.0. The van der Waals surface area contributed by atoms with Gasteiger partial charge in [-0.2, -0.15) is 9.97 Å². The van der Waals surface area contributed by atoms with Crippen molar-refractivity contribution in [3.05, 3.63) is 188 Å². The molecule has 69 heavy (non-hydrogen) atoms. The van der Waals surface area contributed by atoms with Crippen molar-refractivity contribution in [1.82, 2.24) is 24.1 Å². The first-order valence-corrected chi connectivity index (χ1v) is 23.0. The predicted octanol–water partition coefficient (Wildman–Crippen LogP) is 9.08. The molecule has 10 heteroatoms. The molecule has 0 bridgehead atoms. The Morgan fingerprint density at radius 2 is 0.986 bits per heavy atom. The number of hydrogen-bond acceptors (Lipinski definition) is 3. The molecule has 0 atom stereocenters. The first-order chi connectivity index (χ1) is 33.8. The largest absolute Gasteiger partial charge is 0.307 e. The van der Waals surface area contributed by atoms with Crippen molar-refractivity contribution in [2.45, 2.75) is 12.8 Å². The van der Waals surface area contributed by atoms with Gasteiger partial charge in [0.25, 0.3) is 0 Å². The van der Waals surface area contributed by atoms with Crippen LogP contribution in [-0.4, -0.2) is 63.3 Å². The van der Waals surface area contributed by atoms with Crippen LogP contribution in [0.1, 0.15) is 18.7 Å². The molecule has 5 nitrogen and oxygen atoms in total. The Kier molecular flexibility index (Phi) is 9.55. The Hall–Kier alpha value is -8.09. The normalized spacial score (nSPS) is 12.8. The second-order valence-corrected chi connectivity index (χ2v) is 17.7. The zero-order chi connectivity index (χ0) is 46.5. The van der Waals surface area contributed by atoms with Crippen LogP contribution in [0.2, 0.25) is 0 Å². The van der Waals surface area contributed by atoms with Gasteiger partial charge in [-0.15, -0.1) is 16.4 Å². The summed E-state index contributed by atoms with van der Waals surface area (Å²) in [6.07, 6.45) is 8.43. The van der Waals surface area contributed by atoms with Crippen LogP contribution in [0.5, 0.6) is 0 Å². The first kappa shape index (κ1) is 41.1. The quantitative estimate of drug-likeness (QED) is 0.124. The molecule has 0 saturated carbocycles. The molecule has 9 aromatic carbocycles. The minimum Gasteiger partial charge on any atom is -0.307 e. The lowest BCUT2D eigenvalue weighted by Gasteiger charge is -2.23. The Morgan fingerprint density at radius 1 is 0.406 bits per heavy atom. The van der Waals surface area contributed by atoms with E-state index in [4.69, 9.17) is 54.2 Å². The summed E-state index contributed by atoms with van der Waals surface area (Å²) in [6.45, 7) is 0. The van der Waals surface area contributed by atoms with Crippen LogP contribution >= 0.6 is 0 Å². The summed E-state index contributed by atoms with van der Waals surface area (Å²) in [5.74, 6) is 1.73. The highest BCUT2D eigenvalue weighted by Crippen LogP contribution is 2.44. The summed E-state index contributed by atoms with van der Waals surface area (Å²) >= 11 is 0. The maximum Gasteiger partial charge on any atom is 0.238 e. The summed E-state index contributed by atoms with van der Waals surface area (Å²) in [5, 5.41) is 8.81. The van der Waals surface area contributed by atoms with Gasteiger partial charge in [0.1, 0.15) is 39.2 Å². The van der Waals surface area contributed by atoms with Gasteiger partial charge >= 0.3 is 0 Å². The zero-order valence-corrected chi connectivity index (χ0v) is 37.4.